The van der Waals surface area contributed by atoms with Crippen LogP contribution in [0.25, 0.3) is 0 Å². The van der Waals surface area contributed by atoms with E-state index in [1.165, 1.54) is 12.0 Å². The van der Waals surface area contributed by atoms with Crippen molar-refractivity contribution >= 4 is 86.6 Å². The number of rotatable bonds is 10. The number of fused-ring (bicyclic) bond motifs is 7. The van der Waals surface area contributed by atoms with Gasteiger partial charge < -0.3 is 69.4 Å². The van der Waals surface area contributed by atoms with Crippen LogP contribution in [-0.2, 0) is 52.7 Å². The third-order valence-corrected chi connectivity index (χ3v) is 17.1. The zero-order valence-corrected chi connectivity index (χ0v) is 45.6. The zero-order valence-electron chi connectivity index (χ0n) is 44.0. The standard InChI is InChI=1S/C49H76N12O12S2/c1-9-24(2)38-45(69)56-30-15-16-36(64)53-17-11-10-13-29(41(65)54-22-35(51)63)55-44(68)33-14-12-18-61(33)48(72)32(58-43(67)31(21-34(50)62)57-42(30)66)23-74-75-49(6,7)40(52)47(71)60-39(46(70)59-38)27(5)37-25(3)19-28(73-8)20-26(37)4/h19-20,24,27,29-33,38-40H,9-18,21-23,52H2,1-8H3,(H2,50,62)(H2,51,63)(H,53,64)(H,54,65)(H,55,68)(H,56,69)(H,57,66)(H,58,67)(H,59,70)(H,60,71)/t24-,27-,29+,30+,31+,32-,33+,38-,39+,40-/m0/s1. The summed E-state index contributed by atoms with van der Waals surface area (Å²) in [6, 6.07) is -7.49. The first-order valence-electron chi connectivity index (χ1n) is 25.2. The quantitative estimate of drug-likeness (QED) is 0.118. The molecule has 0 unspecified atom stereocenters. The molecule has 3 saturated heterocycles. The number of methoxy groups -OCH3 is 1. The average molecular weight is 1090 g/mol. The number of ether oxygens (including phenoxy) is 1. The van der Waals surface area contributed by atoms with Crippen LogP contribution in [0.1, 0.15) is 115 Å². The van der Waals surface area contributed by atoms with E-state index in [9.17, 15) is 52.7 Å². The van der Waals surface area contributed by atoms with Crippen molar-refractivity contribution in [3.8, 4) is 5.75 Å². The minimum Gasteiger partial charge on any atom is -0.497 e. The number of nitrogens with one attached hydrogen (secondary N) is 8. The maximum absolute atomic E-state index is 14.8. The number of primary amides is 2. The van der Waals surface area contributed by atoms with Crippen molar-refractivity contribution in [2.75, 3.05) is 32.5 Å². The maximum atomic E-state index is 14.8. The molecule has 1 aromatic carbocycles. The van der Waals surface area contributed by atoms with Crippen molar-refractivity contribution in [3.63, 3.8) is 0 Å². The topological polar surface area (TPSA) is 375 Å². The fourth-order valence-corrected chi connectivity index (χ4v) is 12.0. The minimum absolute atomic E-state index is 0.0547. The molecule has 0 aromatic heterocycles. The molecule has 24 nitrogen and oxygen atoms in total. The number of benzene rings is 1. The number of nitrogens with two attached hydrogens (primary N) is 3. The summed E-state index contributed by atoms with van der Waals surface area (Å²) in [7, 11) is 3.67. The van der Waals surface area contributed by atoms with Gasteiger partial charge in [-0.1, -0.05) is 48.8 Å². The number of carbonyl (C=O) groups is 11. The molecule has 10 atom stereocenters. The second kappa shape index (κ2) is 28.1. The summed E-state index contributed by atoms with van der Waals surface area (Å²) in [6.45, 7) is 11.9. The monoisotopic (exact) mass is 1090 g/mol. The van der Waals surface area contributed by atoms with Gasteiger partial charge in [-0.15, -0.1) is 0 Å². The summed E-state index contributed by atoms with van der Waals surface area (Å²) < 4.78 is 4.33. The second-order valence-electron chi connectivity index (χ2n) is 19.9. The van der Waals surface area contributed by atoms with Crippen LogP contribution in [0.5, 0.6) is 5.75 Å². The fraction of sp³-hybridized carbons (Fsp3) is 0.653. The van der Waals surface area contributed by atoms with Crippen LogP contribution in [0, 0.1) is 19.8 Å². The molecule has 0 saturated carbocycles. The highest BCUT2D eigenvalue weighted by Gasteiger charge is 2.43. The van der Waals surface area contributed by atoms with E-state index in [1.54, 1.807) is 46.8 Å². The maximum Gasteiger partial charge on any atom is 0.246 e. The molecule has 0 radical (unpaired) electrons. The lowest BCUT2D eigenvalue weighted by Crippen LogP contribution is -2.62. The lowest BCUT2D eigenvalue weighted by Gasteiger charge is -2.35. The Balaban J connectivity index is 1.89. The van der Waals surface area contributed by atoms with Crippen LogP contribution in [0.4, 0.5) is 0 Å². The minimum atomic E-state index is -1.74. The van der Waals surface area contributed by atoms with Crippen molar-refractivity contribution < 1.29 is 57.5 Å². The molecule has 4 rings (SSSR count). The van der Waals surface area contributed by atoms with Gasteiger partial charge in [0.1, 0.15) is 48.0 Å². The van der Waals surface area contributed by atoms with Crippen molar-refractivity contribution in [3.05, 3.63) is 28.8 Å². The third kappa shape index (κ3) is 17.2. The Bertz CT molecular complexity index is 2300. The van der Waals surface area contributed by atoms with Crippen LogP contribution >= 0.6 is 21.6 Å². The second-order valence-corrected chi connectivity index (χ2v) is 22.9. The summed E-state index contributed by atoms with van der Waals surface area (Å²) >= 11 is 0. The Hall–Kier alpha value is -6.15. The summed E-state index contributed by atoms with van der Waals surface area (Å²) in [6.07, 6.45) is 0.0317. The van der Waals surface area contributed by atoms with Crippen LogP contribution in [0.2, 0.25) is 0 Å². The molecule has 416 valence electrons. The molecule has 1 aromatic rings. The molecular formula is C49H76N12O12S2. The number of carbonyl (C=O) groups excluding carboxylic acids is 11. The third-order valence-electron chi connectivity index (χ3n) is 13.8. The highest BCUT2D eigenvalue weighted by atomic mass is 33.1. The lowest BCUT2D eigenvalue weighted by molar-refractivity contribution is -0.142. The van der Waals surface area contributed by atoms with Crippen LogP contribution < -0.4 is 64.5 Å². The number of amides is 11. The van der Waals surface area contributed by atoms with Crippen molar-refractivity contribution in [2.24, 2.45) is 23.1 Å². The van der Waals surface area contributed by atoms with E-state index >= 15 is 0 Å². The molecule has 3 fully saturated rings. The van der Waals surface area contributed by atoms with E-state index < -0.39 is 143 Å². The molecule has 26 heteroatoms. The number of hydrogen-bond donors (Lipinski definition) is 11. The van der Waals surface area contributed by atoms with Gasteiger partial charge in [0.2, 0.25) is 65.0 Å². The normalized spacial score (nSPS) is 27.2. The Morgan fingerprint density at radius 3 is 2.05 bits per heavy atom. The summed E-state index contributed by atoms with van der Waals surface area (Å²) in [5.41, 5.74) is 19.8. The van der Waals surface area contributed by atoms with E-state index in [0.717, 1.165) is 38.3 Å². The molecule has 14 N–H and O–H groups in total. The smallest absolute Gasteiger partial charge is 0.246 e. The summed E-state index contributed by atoms with van der Waals surface area (Å²) in [5.74, 6) is -9.87. The van der Waals surface area contributed by atoms with Crippen molar-refractivity contribution in [1.29, 1.82) is 0 Å². The Kier molecular flexibility index (Phi) is 23.0. The highest BCUT2D eigenvalue weighted by Crippen LogP contribution is 2.39. The van der Waals surface area contributed by atoms with Crippen molar-refractivity contribution in [2.45, 2.75) is 165 Å². The zero-order chi connectivity index (χ0) is 55.9. The van der Waals surface area contributed by atoms with E-state index in [1.807, 2.05) is 13.8 Å². The first-order chi connectivity index (χ1) is 35.3. The van der Waals surface area contributed by atoms with Crippen LogP contribution in [-0.4, -0.2) is 155 Å². The molecule has 75 heavy (non-hydrogen) atoms. The number of aryl methyl sites for hydroxylation is 2. The van der Waals surface area contributed by atoms with Gasteiger partial charge in [0.25, 0.3) is 0 Å². The lowest BCUT2D eigenvalue weighted by atomic mass is 9.85. The van der Waals surface area contributed by atoms with E-state index in [0.29, 0.717) is 25.0 Å². The molecule has 0 spiro atoms. The predicted molar refractivity (Wildman–Crippen MR) is 281 cm³/mol. The molecule has 3 aliphatic rings. The molecule has 3 heterocycles. The highest BCUT2D eigenvalue weighted by molar-refractivity contribution is 8.77. The Labute approximate surface area is 445 Å². The van der Waals surface area contributed by atoms with Gasteiger partial charge in [0.05, 0.1) is 26.1 Å². The van der Waals surface area contributed by atoms with Gasteiger partial charge in [-0.05, 0) is 101 Å². The van der Waals surface area contributed by atoms with Gasteiger partial charge in [-0.3, -0.25) is 52.7 Å². The van der Waals surface area contributed by atoms with Gasteiger partial charge in [0, 0.05) is 35.9 Å². The average Bonchev–Trinajstić information content (AvgIpc) is 3.85. The van der Waals surface area contributed by atoms with Gasteiger partial charge in [-0.2, -0.15) is 0 Å². The predicted octanol–water partition coefficient (Wildman–Crippen LogP) is -1.58. The summed E-state index contributed by atoms with van der Waals surface area (Å²) in [4.78, 5) is 154. The molecule has 11 amide bonds. The van der Waals surface area contributed by atoms with Gasteiger partial charge in [0.15, 0.2) is 0 Å². The molecule has 2 bridgehead atoms. The Morgan fingerprint density at radius 2 is 1.43 bits per heavy atom. The first kappa shape index (κ1) is 61.4. The van der Waals surface area contributed by atoms with E-state index in [4.69, 9.17) is 21.9 Å². The number of nitrogens with zero attached hydrogens (tertiary/aromatic N) is 1. The fourth-order valence-electron chi connectivity index (χ4n) is 9.23. The van der Waals surface area contributed by atoms with Crippen LogP contribution in [0.15, 0.2) is 12.1 Å². The van der Waals surface area contributed by atoms with Crippen LogP contribution in [0.3, 0.4) is 0 Å². The Morgan fingerprint density at radius 1 is 0.787 bits per heavy atom. The van der Waals surface area contributed by atoms with Gasteiger partial charge >= 0.3 is 0 Å². The van der Waals surface area contributed by atoms with E-state index in [-0.39, 0.29) is 50.9 Å². The first-order valence-corrected chi connectivity index (χ1v) is 27.6. The van der Waals surface area contributed by atoms with E-state index in [2.05, 4.69) is 42.5 Å². The molecule has 0 aliphatic carbocycles. The largest absolute Gasteiger partial charge is 0.497 e. The van der Waals surface area contributed by atoms with Gasteiger partial charge in [-0.25, -0.2) is 0 Å². The number of hydrogen-bond acceptors (Lipinski definition) is 15. The summed E-state index contributed by atoms with van der Waals surface area (Å²) in [5, 5.41) is 21.3. The SMILES string of the molecule is CC[C@H](C)[C@@H]1NC(=O)[C@@H]([C@@H](C)c2c(C)cc(OC)cc2C)NC(=O)[C@H](N)C(C)(C)SSC[C@@H]2NC(=O)[C@@H](CC(N)=O)NC(=O)[C@@H](CCC(=O)NCCCC[C@H](C(=O)NCC(N)=O)NC(=O)[C@H]3CCCN3C2=O)NC1=O. The molecular weight excluding hydrogens is 1010 g/mol. The molecule has 3 aliphatic heterocycles. The van der Waals surface area contributed by atoms with Crippen molar-refractivity contribution in [1.82, 2.24) is 47.4 Å².